The molecule has 4 aromatic carbocycles. The second kappa shape index (κ2) is 13.4. The first-order valence-corrected chi connectivity index (χ1v) is 17.4. The largest absolute Gasteiger partial charge is 0.366 e. The van der Waals surface area contributed by atoms with E-state index in [4.69, 9.17) is 11.5 Å². The lowest BCUT2D eigenvalue weighted by Crippen LogP contribution is -2.51. The van der Waals surface area contributed by atoms with Crippen LogP contribution in [-0.4, -0.2) is 84.4 Å². The van der Waals surface area contributed by atoms with Gasteiger partial charge in [0.05, 0.1) is 22.1 Å². The predicted octanol–water partition coefficient (Wildman–Crippen LogP) is 4.21. The van der Waals surface area contributed by atoms with Crippen LogP contribution < -0.4 is 16.8 Å². The first-order valence-electron chi connectivity index (χ1n) is 17.4. The van der Waals surface area contributed by atoms with Crippen molar-refractivity contribution in [3.05, 3.63) is 102 Å². The molecule has 5 amide bonds. The molecular formula is C39H35N9O5. The Kier molecular flexibility index (Phi) is 8.41. The molecule has 0 aliphatic carbocycles. The molecule has 266 valence electrons. The number of H-pyrrole nitrogens is 2. The Morgan fingerprint density at radius 3 is 1.66 bits per heavy atom. The van der Waals surface area contributed by atoms with Crippen molar-refractivity contribution < 1.29 is 24.0 Å². The van der Waals surface area contributed by atoms with E-state index < -0.39 is 23.9 Å². The Bertz CT molecular complexity index is 2430. The Balaban J connectivity index is 0.919. The third kappa shape index (κ3) is 6.35. The molecule has 7 N–H and O–H groups in total. The van der Waals surface area contributed by atoms with Crippen LogP contribution in [0.3, 0.4) is 0 Å². The van der Waals surface area contributed by atoms with Crippen molar-refractivity contribution in [2.75, 3.05) is 18.4 Å². The molecule has 14 heteroatoms. The van der Waals surface area contributed by atoms with E-state index in [2.05, 4.69) is 25.3 Å². The van der Waals surface area contributed by atoms with Gasteiger partial charge in [-0.15, -0.1) is 0 Å². The van der Waals surface area contributed by atoms with Gasteiger partial charge >= 0.3 is 0 Å². The molecule has 2 atom stereocenters. The molecule has 14 nitrogen and oxygen atoms in total. The number of fused-ring (bicyclic) bond motifs is 2. The molecule has 2 aromatic heterocycles. The summed E-state index contributed by atoms with van der Waals surface area (Å²) in [4.78, 5) is 83.1. The molecule has 2 fully saturated rings. The van der Waals surface area contributed by atoms with Crippen molar-refractivity contribution >= 4 is 57.3 Å². The van der Waals surface area contributed by atoms with E-state index in [1.54, 1.807) is 82.6 Å². The van der Waals surface area contributed by atoms with E-state index >= 15 is 0 Å². The van der Waals surface area contributed by atoms with Gasteiger partial charge in [-0.3, -0.25) is 24.0 Å². The van der Waals surface area contributed by atoms with Crippen LogP contribution in [0.2, 0.25) is 0 Å². The zero-order valence-electron chi connectivity index (χ0n) is 28.5. The predicted molar refractivity (Wildman–Crippen MR) is 198 cm³/mol. The lowest BCUT2D eigenvalue weighted by atomic mass is 10.1. The van der Waals surface area contributed by atoms with E-state index in [-0.39, 0.29) is 17.7 Å². The minimum Gasteiger partial charge on any atom is -0.366 e. The smallest absolute Gasteiger partial charge is 0.254 e. The summed E-state index contributed by atoms with van der Waals surface area (Å²) in [5, 5.41) is 2.96. The topological polar surface area (TPSA) is 213 Å². The summed E-state index contributed by atoms with van der Waals surface area (Å²) in [6, 6.07) is 22.9. The molecule has 2 saturated heterocycles. The monoisotopic (exact) mass is 709 g/mol. The lowest BCUT2D eigenvalue weighted by molar-refractivity contribution is -0.139. The fraction of sp³-hybridized carbons (Fsp3) is 0.205. The van der Waals surface area contributed by atoms with Gasteiger partial charge in [-0.2, -0.15) is 0 Å². The maximum absolute atomic E-state index is 14.0. The van der Waals surface area contributed by atoms with E-state index in [9.17, 15) is 24.0 Å². The zero-order valence-corrected chi connectivity index (χ0v) is 28.5. The third-order valence-corrected chi connectivity index (χ3v) is 10.0. The summed E-state index contributed by atoms with van der Waals surface area (Å²) < 4.78 is 0. The molecule has 0 saturated carbocycles. The van der Waals surface area contributed by atoms with Gasteiger partial charge in [0.15, 0.2) is 0 Å². The number of aromatic nitrogens is 4. The Labute approximate surface area is 302 Å². The number of rotatable bonds is 8. The van der Waals surface area contributed by atoms with Crippen molar-refractivity contribution in [3.63, 3.8) is 0 Å². The van der Waals surface area contributed by atoms with Crippen LogP contribution in [-0.2, 0) is 9.59 Å². The fourth-order valence-electron chi connectivity index (χ4n) is 7.23. The van der Waals surface area contributed by atoms with Gasteiger partial charge in [0, 0.05) is 46.6 Å². The quantitative estimate of drug-likeness (QED) is 0.155. The summed E-state index contributed by atoms with van der Waals surface area (Å²) >= 11 is 0. The van der Waals surface area contributed by atoms with Gasteiger partial charge in [-0.25, -0.2) is 9.97 Å². The van der Waals surface area contributed by atoms with Gasteiger partial charge in [0.2, 0.25) is 23.6 Å². The standard InChI is InChI=1S/C39H35N9O5/c40-33(49)24-11-15-27-29(19-24)45-35(43-27)21-5-7-23(8-6-21)38(52)48-18-2-4-32(48)39(53)47-17-1-3-31(47)37(51)42-26-13-9-22(10-14-26)36-44-28-16-12-25(34(41)50)20-30(28)46-36/h5-16,19-20,31-32H,1-4,17-18H2,(H2,40,49)(H2,41,50)(H,42,51)(H,43,45)(H,44,46)/t31-,32-/m0/s1. The van der Waals surface area contributed by atoms with E-state index in [0.717, 1.165) is 11.1 Å². The van der Waals surface area contributed by atoms with Crippen LogP contribution in [0.25, 0.3) is 44.8 Å². The minimum absolute atomic E-state index is 0.220. The number of likely N-dealkylation sites (tertiary alicyclic amines) is 2. The number of carbonyl (C=O) groups is 5. The van der Waals surface area contributed by atoms with Gasteiger partial charge in [-0.1, -0.05) is 12.1 Å². The number of carbonyl (C=O) groups excluding carboxylic acids is 5. The fourth-order valence-corrected chi connectivity index (χ4v) is 7.23. The van der Waals surface area contributed by atoms with E-state index in [1.807, 2.05) is 12.1 Å². The number of imidazole rings is 2. The zero-order chi connectivity index (χ0) is 36.8. The number of hydrogen-bond acceptors (Lipinski definition) is 7. The Morgan fingerprint density at radius 2 is 1.11 bits per heavy atom. The van der Waals surface area contributed by atoms with Crippen LogP contribution in [0, 0.1) is 0 Å². The minimum atomic E-state index is -0.660. The number of nitrogens with two attached hydrogens (primary N) is 2. The van der Waals surface area contributed by atoms with Gasteiger partial charge in [0.1, 0.15) is 23.7 Å². The number of benzene rings is 4. The number of amides is 5. The summed E-state index contributed by atoms with van der Waals surface area (Å²) in [5.41, 5.74) is 16.8. The highest BCUT2D eigenvalue weighted by molar-refractivity contribution is 6.02. The first kappa shape index (κ1) is 33.3. The first-order chi connectivity index (χ1) is 25.6. The highest BCUT2D eigenvalue weighted by Gasteiger charge is 2.42. The number of anilines is 1. The van der Waals surface area contributed by atoms with E-state index in [1.165, 1.54) is 0 Å². The van der Waals surface area contributed by atoms with Crippen LogP contribution in [0.5, 0.6) is 0 Å². The Hall–Kier alpha value is -6.83. The number of aromatic amines is 2. The molecule has 0 radical (unpaired) electrons. The third-order valence-electron chi connectivity index (χ3n) is 10.0. The highest BCUT2D eigenvalue weighted by atomic mass is 16.2. The van der Waals surface area contributed by atoms with Gasteiger partial charge < -0.3 is 36.6 Å². The Morgan fingerprint density at radius 1 is 0.623 bits per heavy atom. The summed E-state index contributed by atoms with van der Waals surface area (Å²) in [5.74, 6) is -0.617. The van der Waals surface area contributed by atoms with E-state index in [0.29, 0.717) is 94.9 Å². The molecular weight excluding hydrogens is 674 g/mol. The molecule has 2 aliphatic heterocycles. The molecule has 4 heterocycles. The highest BCUT2D eigenvalue weighted by Crippen LogP contribution is 2.29. The summed E-state index contributed by atoms with van der Waals surface area (Å²) in [7, 11) is 0. The van der Waals surface area contributed by atoms with Crippen molar-refractivity contribution in [2.45, 2.75) is 37.8 Å². The average Bonchev–Trinajstić information content (AvgIpc) is 3.99. The molecule has 0 spiro atoms. The molecule has 53 heavy (non-hydrogen) atoms. The van der Waals surface area contributed by atoms with Crippen LogP contribution >= 0.6 is 0 Å². The van der Waals surface area contributed by atoms with Crippen LogP contribution in [0.15, 0.2) is 84.9 Å². The molecule has 8 rings (SSSR count). The number of nitrogens with zero attached hydrogens (tertiary/aromatic N) is 4. The van der Waals surface area contributed by atoms with Crippen LogP contribution in [0.1, 0.15) is 56.8 Å². The van der Waals surface area contributed by atoms with Crippen LogP contribution in [0.4, 0.5) is 5.69 Å². The average molecular weight is 710 g/mol. The van der Waals surface area contributed by atoms with Crippen molar-refractivity contribution in [1.82, 2.24) is 29.7 Å². The maximum atomic E-state index is 14.0. The lowest BCUT2D eigenvalue weighted by Gasteiger charge is -2.31. The second-order valence-electron chi connectivity index (χ2n) is 13.4. The summed E-state index contributed by atoms with van der Waals surface area (Å²) in [6.07, 6.45) is 2.41. The molecule has 2 aliphatic rings. The number of nitrogens with one attached hydrogen (secondary N) is 3. The summed E-state index contributed by atoms with van der Waals surface area (Å²) in [6.45, 7) is 0.877. The SMILES string of the molecule is NC(=O)c1ccc2nc(-c3ccc(NC(=O)[C@@H]4CCCN4C(=O)[C@@H]4CCCN4C(=O)c4ccc(-c5nc6ccc(C(N)=O)cc6[nH]5)cc4)cc3)[nH]c2c1. The molecule has 6 aromatic rings. The molecule has 0 bridgehead atoms. The second-order valence-corrected chi connectivity index (χ2v) is 13.4. The number of hydrogen-bond donors (Lipinski definition) is 5. The maximum Gasteiger partial charge on any atom is 0.254 e. The molecule has 0 unspecified atom stereocenters. The van der Waals surface area contributed by atoms with Gasteiger partial charge in [-0.05, 0) is 98.5 Å². The number of primary amides is 2. The van der Waals surface area contributed by atoms with Gasteiger partial charge in [0.25, 0.3) is 5.91 Å². The van der Waals surface area contributed by atoms with Crippen molar-refractivity contribution in [2.24, 2.45) is 11.5 Å². The van der Waals surface area contributed by atoms with Crippen molar-refractivity contribution in [3.8, 4) is 22.8 Å². The van der Waals surface area contributed by atoms with Crippen molar-refractivity contribution in [1.29, 1.82) is 0 Å². The normalized spacial score (nSPS) is 17.1.